The molecule has 7 heteroatoms. The Balaban J connectivity index is 1.78. The summed E-state index contributed by atoms with van der Waals surface area (Å²) in [5.41, 5.74) is 0. The van der Waals surface area contributed by atoms with Crippen molar-refractivity contribution in [2.24, 2.45) is 0 Å². The summed E-state index contributed by atoms with van der Waals surface area (Å²) < 4.78 is 5.34. The maximum Gasteiger partial charge on any atom is 0.317 e. The quantitative estimate of drug-likeness (QED) is 0.834. The van der Waals surface area contributed by atoms with Crippen LogP contribution in [0.25, 0.3) is 0 Å². The maximum absolute atomic E-state index is 11.6. The molecule has 1 saturated heterocycles. The van der Waals surface area contributed by atoms with Crippen molar-refractivity contribution < 1.29 is 9.21 Å². The van der Waals surface area contributed by atoms with Crippen LogP contribution in [0.1, 0.15) is 18.7 Å². The van der Waals surface area contributed by atoms with Crippen molar-refractivity contribution in [1.82, 2.24) is 25.3 Å². The van der Waals surface area contributed by atoms with E-state index < -0.39 is 0 Å². The van der Waals surface area contributed by atoms with E-state index >= 15 is 0 Å². The third-order valence-electron chi connectivity index (χ3n) is 2.91. The molecule has 1 aliphatic rings. The summed E-state index contributed by atoms with van der Waals surface area (Å²) in [4.78, 5) is 15.7. The smallest absolute Gasteiger partial charge is 0.317 e. The number of hydrogen-bond acceptors (Lipinski definition) is 5. The molecular formula is C11H19N5O2. The van der Waals surface area contributed by atoms with Gasteiger partial charge in [0.25, 0.3) is 0 Å². The second-order valence-electron chi connectivity index (χ2n) is 4.31. The molecule has 0 aliphatic carbocycles. The summed E-state index contributed by atoms with van der Waals surface area (Å²) in [7, 11) is 0. The fourth-order valence-electron chi connectivity index (χ4n) is 1.96. The van der Waals surface area contributed by atoms with Gasteiger partial charge in [-0.15, -0.1) is 10.2 Å². The van der Waals surface area contributed by atoms with Crippen LogP contribution in [0.5, 0.6) is 0 Å². The van der Waals surface area contributed by atoms with Crippen molar-refractivity contribution in [2.75, 3.05) is 32.7 Å². The summed E-state index contributed by atoms with van der Waals surface area (Å²) in [6.45, 7) is 8.16. The lowest BCUT2D eigenvalue weighted by molar-refractivity contribution is 0.129. The topological polar surface area (TPSA) is 74.5 Å². The predicted molar refractivity (Wildman–Crippen MR) is 65.0 cm³/mol. The first-order valence-corrected chi connectivity index (χ1v) is 6.23. The van der Waals surface area contributed by atoms with Crippen molar-refractivity contribution >= 4 is 6.03 Å². The van der Waals surface area contributed by atoms with Gasteiger partial charge < -0.3 is 14.6 Å². The number of piperazine rings is 1. The van der Waals surface area contributed by atoms with E-state index in [9.17, 15) is 4.79 Å². The van der Waals surface area contributed by atoms with Crippen molar-refractivity contribution in [3.8, 4) is 0 Å². The third-order valence-corrected chi connectivity index (χ3v) is 2.91. The van der Waals surface area contributed by atoms with E-state index in [1.807, 2.05) is 11.8 Å². The van der Waals surface area contributed by atoms with Gasteiger partial charge in [0.2, 0.25) is 11.8 Å². The van der Waals surface area contributed by atoms with Gasteiger partial charge in [-0.2, -0.15) is 0 Å². The summed E-state index contributed by atoms with van der Waals surface area (Å²) in [6, 6.07) is 0.0192. The molecule has 0 radical (unpaired) electrons. The lowest BCUT2D eigenvalue weighted by atomic mass is 10.3. The molecule has 18 heavy (non-hydrogen) atoms. The Labute approximate surface area is 106 Å². The van der Waals surface area contributed by atoms with Gasteiger partial charge in [0.1, 0.15) is 0 Å². The molecule has 0 spiro atoms. The Hall–Kier alpha value is -1.63. The highest BCUT2D eigenvalue weighted by Crippen LogP contribution is 2.07. The van der Waals surface area contributed by atoms with Crippen LogP contribution in [-0.2, 0) is 6.54 Å². The second-order valence-corrected chi connectivity index (χ2v) is 4.31. The van der Waals surface area contributed by atoms with Gasteiger partial charge in [0.15, 0.2) is 0 Å². The molecule has 0 bridgehead atoms. The van der Waals surface area contributed by atoms with E-state index in [4.69, 9.17) is 4.42 Å². The molecule has 1 aliphatic heterocycles. The second kappa shape index (κ2) is 5.81. The van der Waals surface area contributed by atoms with E-state index in [0.29, 0.717) is 24.9 Å². The first kappa shape index (κ1) is 12.8. The van der Waals surface area contributed by atoms with Gasteiger partial charge in [-0.05, 0) is 6.92 Å². The van der Waals surface area contributed by atoms with Crippen LogP contribution in [0, 0.1) is 6.92 Å². The third kappa shape index (κ3) is 3.19. The molecule has 7 nitrogen and oxygen atoms in total. The Morgan fingerprint density at radius 1 is 1.33 bits per heavy atom. The minimum Gasteiger partial charge on any atom is -0.424 e. The Morgan fingerprint density at radius 3 is 2.61 bits per heavy atom. The van der Waals surface area contributed by atoms with Gasteiger partial charge in [-0.1, -0.05) is 0 Å². The van der Waals surface area contributed by atoms with Crippen LogP contribution < -0.4 is 5.32 Å². The molecule has 1 N–H and O–H groups in total. The fraction of sp³-hybridized carbons (Fsp3) is 0.727. The van der Waals surface area contributed by atoms with Gasteiger partial charge in [-0.3, -0.25) is 4.90 Å². The SMILES string of the molecule is CCNC(=O)N1CCN(Cc2nnc(C)o2)CC1. The highest BCUT2D eigenvalue weighted by Gasteiger charge is 2.21. The molecule has 100 valence electrons. The highest BCUT2D eigenvalue weighted by atomic mass is 16.4. The van der Waals surface area contributed by atoms with Gasteiger partial charge >= 0.3 is 6.03 Å². The first-order valence-electron chi connectivity index (χ1n) is 6.23. The number of nitrogens with one attached hydrogen (secondary N) is 1. The molecule has 2 amide bonds. The zero-order chi connectivity index (χ0) is 13.0. The highest BCUT2D eigenvalue weighted by molar-refractivity contribution is 5.74. The summed E-state index contributed by atoms with van der Waals surface area (Å²) in [5, 5.41) is 10.6. The number of amides is 2. The number of nitrogens with zero attached hydrogens (tertiary/aromatic N) is 4. The molecule has 0 saturated carbocycles. The number of carbonyl (C=O) groups excluding carboxylic acids is 1. The molecule has 0 aromatic carbocycles. The Bertz CT molecular complexity index is 398. The van der Waals surface area contributed by atoms with Crippen molar-refractivity contribution in [2.45, 2.75) is 20.4 Å². The van der Waals surface area contributed by atoms with Gasteiger partial charge in [0, 0.05) is 39.6 Å². The number of aryl methyl sites for hydroxylation is 1. The molecule has 1 aromatic rings. The van der Waals surface area contributed by atoms with Gasteiger partial charge in [0.05, 0.1) is 6.54 Å². The average molecular weight is 253 g/mol. The van der Waals surface area contributed by atoms with Crippen LogP contribution in [0.2, 0.25) is 0 Å². The minimum atomic E-state index is 0.0192. The van der Waals surface area contributed by atoms with Crippen LogP contribution in [0.15, 0.2) is 4.42 Å². The minimum absolute atomic E-state index is 0.0192. The molecule has 1 fully saturated rings. The largest absolute Gasteiger partial charge is 0.424 e. The van der Waals surface area contributed by atoms with E-state index in [1.165, 1.54) is 0 Å². The zero-order valence-corrected chi connectivity index (χ0v) is 10.8. The number of rotatable bonds is 3. The molecule has 1 aromatic heterocycles. The van der Waals surface area contributed by atoms with Gasteiger partial charge in [-0.25, -0.2) is 4.79 Å². The first-order chi connectivity index (χ1) is 8.69. The van der Waals surface area contributed by atoms with E-state index in [-0.39, 0.29) is 6.03 Å². The standard InChI is InChI=1S/C11H19N5O2/c1-3-12-11(17)16-6-4-15(5-7-16)8-10-14-13-9(2)18-10/h3-8H2,1-2H3,(H,12,17). The van der Waals surface area contributed by atoms with Crippen LogP contribution in [0.3, 0.4) is 0 Å². The monoisotopic (exact) mass is 253 g/mol. The lowest BCUT2D eigenvalue weighted by Gasteiger charge is -2.33. The number of carbonyl (C=O) groups is 1. The molecule has 0 atom stereocenters. The van der Waals surface area contributed by atoms with Crippen molar-refractivity contribution in [1.29, 1.82) is 0 Å². The van der Waals surface area contributed by atoms with Crippen molar-refractivity contribution in [3.05, 3.63) is 11.8 Å². The maximum atomic E-state index is 11.6. The Kier molecular flexibility index (Phi) is 4.14. The fourth-order valence-corrected chi connectivity index (χ4v) is 1.96. The predicted octanol–water partition coefficient (Wildman–Crippen LogP) is 0.225. The van der Waals surface area contributed by atoms with E-state index in [1.54, 1.807) is 6.92 Å². The van der Waals surface area contributed by atoms with Crippen LogP contribution in [0.4, 0.5) is 4.79 Å². The molecule has 2 heterocycles. The molecule has 0 unspecified atom stereocenters. The average Bonchev–Trinajstić information content (AvgIpc) is 2.76. The lowest BCUT2D eigenvalue weighted by Crippen LogP contribution is -2.51. The Morgan fingerprint density at radius 2 is 2.06 bits per heavy atom. The zero-order valence-electron chi connectivity index (χ0n) is 10.8. The summed E-state index contributed by atoms with van der Waals surface area (Å²) in [6.07, 6.45) is 0. The number of aromatic nitrogens is 2. The van der Waals surface area contributed by atoms with Crippen LogP contribution >= 0.6 is 0 Å². The molecule has 2 rings (SSSR count). The normalized spacial score (nSPS) is 16.9. The van der Waals surface area contributed by atoms with Crippen molar-refractivity contribution in [3.63, 3.8) is 0 Å². The summed E-state index contributed by atoms with van der Waals surface area (Å²) >= 11 is 0. The van der Waals surface area contributed by atoms with Crippen LogP contribution in [-0.4, -0.2) is 58.8 Å². The summed E-state index contributed by atoms with van der Waals surface area (Å²) in [5.74, 6) is 1.23. The number of urea groups is 1. The number of hydrogen-bond donors (Lipinski definition) is 1. The van der Waals surface area contributed by atoms with E-state index in [0.717, 1.165) is 26.2 Å². The van der Waals surface area contributed by atoms with E-state index in [2.05, 4.69) is 20.4 Å². The molecular weight excluding hydrogens is 234 g/mol.